The van der Waals surface area contributed by atoms with Gasteiger partial charge in [-0.25, -0.2) is 4.39 Å². The van der Waals surface area contributed by atoms with Crippen molar-refractivity contribution in [1.82, 2.24) is 5.32 Å². The van der Waals surface area contributed by atoms with Crippen LogP contribution in [-0.2, 0) is 4.74 Å². The number of thiophene rings is 1. The van der Waals surface area contributed by atoms with Crippen LogP contribution >= 0.6 is 35.2 Å². The fourth-order valence-electron chi connectivity index (χ4n) is 2.86. The molecular formula is C17H20ClFN3OS2+. The monoisotopic (exact) mass is 400 g/mol. The summed E-state index contributed by atoms with van der Waals surface area (Å²) in [6.45, 7) is 4.26. The standard InChI is InChI=1S/C17H19ClFN3OS2/c18-13-10-12(3-4-14(13)19)21-17(24)20-11-15(16-2-1-9-25-16)22-5-7-23-8-6-22/h1-4,9-10,15H,5-8,11H2,(H2,20,21,24)/p+1/t15-/m1/s1. The zero-order valence-corrected chi connectivity index (χ0v) is 15.9. The van der Waals surface area contributed by atoms with Crippen LogP contribution in [0.2, 0.25) is 5.02 Å². The zero-order chi connectivity index (χ0) is 17.6. The minimum absolute atomic E-state index is 0.0713. The first-order chi connectivity index (χ1) is 12.1. The van der Waals surface area contributed by atoms with Gasteiger partial charge < -0.3 is 20.3 Å². The lowest BCUT2D eigenvalue weighted by Crippen LogP contribution is -3.15. The number of rotatable bonds is 5. The van der Waals surface area contributed by atoms with Gasteiger partial charge in [0, 0.05) is 5.69 Å². The predicted octanol–water partition coefficient (Wildman–Crippen LogP) is 2.48. The molecule has 1 aliphatic heterocycles. The molecule has 3 rings (SSSR count). The van der Waals surface area contributed by atoms with Gasteiger partial charge in [-0.05, 0) is 41.9 Å². The van der Waals surface area contributed by atoms with Crippen LogP contribution in [0.15, 0.2) is 35.7 Å². The Labute approximate surface area is 160 Å². The van der Waals surface area contributed by atoms with Crippen LogP contribution in [0, 0.1) is 5.82 Å². The summed E-state index contributed by atoms with van der Waals surface area (Å²) in [6.07, 6.45) is 0. The number of ether oxygens (including phenoxy) is 1. The largest absolute Gasteiger partial charge is 0.370 e. The molecule has 1 aromatic heterocycles. The zero-order valence-electron chi connectivity index (χ0n) is 13.6. The third-order valence-electron chi connectivity index (χ3n) is 4.16. The van der Waals surface area contributed by atoms with E-state index in [1.807, 2.05) is 0 Å². The Hall–Kier alpha value is -1.25. The van der Waals surface area contributed by atoms with E-state index in [0.29, 0.717) is 16.8 Å². The van der Waals surface area contributed by atoms with Crippen molar-refractivity contribution in [1.29, 1.82) is 0 Å². The molecule has 0 aliphatic carbocycles. The molecule has 0 spiro atoms. The summed E-state index contributed by atoms with van der Waals surface area (Å²) >= 11 is 12.9. The van der Waals surface area contributed by atoms with Crippen molar-refractivity contribution in [3.05, 3.63) is 51.4 Å². The molecule has 0 saturated carbocycles. The molecule has 0 unspecified atom stereocenters. The molecule has 134 valence electrons. The van der Waals surface area contributed by atoms with Gasteiger partial charge in [-0.3, -0.25) is 0 Å². The Morgan fingerprint density at radius 1 is 1.36 bits per heavy atom. The summed E-state index contributed by atoms with van der Waals surface area (Å²) < 4.78 is 18.7. The smallest absolute Gasteiger partial charge is 0.171 e. The highest BCUT2D eigenvalue weighted by molar-refractivity contribution is 7.80. The van der Waals surface area contributed by atoms with Gasteiger partial charge in [0.05, 0.1) is 29.7 Å². The first-order valence-electron chi connectivity index (χ1n) is 8.09. The van der Waals surface area contributed by atoms with Crippen molar-refractivity contribution in [2.45, 2.75) is 6.04 Å². The highest BCUT2D eigenvalue weighted by Crippen LogP contribution is 2.19. The second-order valence-electron chi connectivity index (χ2n) is 5.80. The van der Waals surface area contributed by atoms with E-state index in [-0.39, 0.29) is 5.02 Å². The summed E-state index contributed by atoms with van der Waals surface area (Å²) in [5.74, 6) is -0.445. The molecule has 0 radical (unpaired) electrons. The van der Waals surface area contributed by atoms with Gasteiger partial charge in [0.1, 0.15) is 24.9 Å². The Morgan fingerprint density at radius 2 is 2.16 bits per heavy atom. The normalized spacial score (nSPS) is 16.4. The fourth-order valence-corrected chi connectivity index (χ4v) is 4.13. The van der Waals surface area contributed by atoms with Crippen LogP contribution in [0.25, 0.3) is 0 Å². The van der Waals surface area contributed by atoms with E-state index in [2.05, 4.69) is 28.1 Å². The number of anilines is 1. The molecule has 1 aromatic carbocycles. The number of hydrogen-bond donors (Lipinski definition) is 3. The number of nitrogens with one attached hydrogen (secondary N) is 3. The second-order valence-corrected chi connectivity index (χ2v) is 7.60. The third-order valence-corrected chi connectivity index (χ3v) is 5.68. The molecule has 2 heterocycles. The Kier molecular flexibility index (Phi) is 6.61. The molecule has 4 nitrogen and oxygen atoms in total. The van der Waals surface area contributed by atoms with Gasteiger partial charge in [0.15, 0.2) is 5.11 Å². The Balaban J connectivity index is 1.60. The minimum Gasteiger partial charge on any atom is -0.370 e. The Bertz CT molecular complexity index is 708. The SMILES string of the molecule is Fc1ccc(NC(=S)NC[C@H](c2cccs2)[NH+]2CCOCC2)cc1Cl. The number of morpholine rings is 1. The second kappa shape index (κ2) is 8.91. The van der Waals surface area contributed by atoms with Crippen LogP contribution in [0.1, 0.15) is 10.9 Å². The molecule has 8 heteroatoms. The number of halogens is 2. The van der Waals surface area contributed by atoms with Crippen LogP contribution < -0.4 is 15.5 Å². The van der Waals surface area contributed by atoms with Gasteiger partial charge in [-0.2, -0.15) is 0 Å². The van der Waals surface area contributed by atoms with E-state index in [1.54, 1.807) is 17.4 Å². The molecule has 0 amide bonds. The van der Waals surface area contributed by atoms with Crippen molar-refractivity contribution in [3.63, 3.8) is 0 Å². The quantitative estimate of drug-likeness (QED) is 0.674. The molecule has 1 saturated heterocycles. The Morgan fingerprint density at radius 3 is 2.84 bits per heavy atom. The number of thiocarbonyl (C=S) groups is 1. The topological polar surface area (TPSA) is 37.7 Å². The number of hydrogen-bond acceptors (Lipinski definition) is 3. The van der Waals surface area contributed by atoms with Gasteiger partial charge in [0.2, 0.25) is 0 Å². The van der Waals surface area contributed by atoms with E-state index < -0.39 is 5.82 Å². The maximum Gasteiger partial charge on any atom is 0.171 e. The maximum atomic E-state index is 13.2. The maximum absolute atomic E-state index is 13.2. The fraction of sp³-hybridized carbons (Fsp3) is 0.353. The molecule has 25 heavy (non-hydrogen) atoms. The lowest BCUT2D eigenvalue weighted by atomic mass is 10.2. The molecular weight excluding hydrogens is 381 g/mol. The average Bonchev–Trinajstić information content (AvgIpc) is 3.14. The third kappa shape index (κ3) is 5.12. The van der Waals surface area contributed by atoms with E-state index in [1.165, 1.54) is 21.9 Å². The van der Waals surface area contributed by atoms with Gasteiger partial charge in [0.25, 0.3) is 0 Å². The molecule has 2 aromatic rings. The molecule has 0 bridgehead atoms. The highest BCUT2D eigenvalue weighted by atomic mass is 35.5. The lowest BCUT2D eigenvalue weighted by molar-refractivity contribution is -0.937. The van der Waals surface area contributed by atoms with E-state index in [0.717, 1.165) is 32.8 Å². The lowest BCUT2D eigenvalue weighted by Gasteiger charge is -2.31. The van der Waals surface area contributed by atoms with Crippen LogP contribution in [0.5, 0.6) is 0 Å². The van der Waals surface area contributed by atoms with Crippen LogP contribution in [0.3, 0.4) is 0 Å². The minimum atomic E-state index is -0.445. The van der Waals surface area contributed by atoms with Crippen LogP contribution in [-0.4, -0.2) is 38.0 Å². The number of benzene rings is 1. The first kappa shape index (κ1) is 18.5. The van der Waals surface area contributed by atoms with Crippen molar-refractivity contribution >= 4 is 46.0 Å². The number of quaternary nitrogens is 1. The van der Waals surface area contributed by atoms with Crippen molar-refractivity contribution in [2.75, 3.05) is 38.2 Å². The van der Waals surface area contributed by atoms with Crippen molar-refractivity contribution in [3.8, 4) is 0 Å². The summed E-state index contributed by atoms with van der Waals surface area (Å²) in [6, 6.07) is 9.01. The van der Waals surface area contributed by atoms with E-state index in [9.17, 15) is 4.39 Å². The van der Waals surface area contributed by atoms with Crippen molar-refractivity contribution < 1.29 is 14.0 Å². The van der Waals surface area contributed by atoms with Crippen LogP contribution in [0.4, 0.5) is 10.1 Å². The molecule has 3 N–H and O–H groups in total. The highest BCUT2D eigenvalue weighted by Gasteiger charge is 2.27. The molecule has 1 fully saturated rings. The molecule has 1 aliphatic rings. The van der Waals surface area contributed by atoms with Crippen molar-refractivity contribution in [2.24, 2.45) is 0 Å². The van der Waals surface area contributed by atoms with Gasteiger partial charge >= 0.3 is 0 Å². The van der Waals surface area contributed by atoms with E-state index >= 15 is 0 Å². The summed E-state index contributed by atoms with van der Waals surface area (Å²) in [7, 11) is 0. The van der Waals surface area contributed by atoms with Gasteiger partial charge in [-0.15, -0.1) is 11.3 Å². The summed E-state index contributed by atoms with van der Waals surface area (Å²) in [4.78, 5) is 2.82. The average molecular weight is 401 g/mol. The van der Waals surface area contributed by atoms with E-state index in [4.69, 9.17) is 28.6 Å². The first-order valence-corrected chi connectivity index (χ1v) is 9.75. The van der Waals surface area contributed by atoms with Gasteiger partial charge in [-0.1, -0.05) is 17.7 Å². The summed E-state index contributed by atoms with van der Waals surface area (Å²) in [5.41, 5.74) is 0.662. The predicted molar refractivity (Wildman–Crippen MR) is 104 cm³/mol. The molecule has 1 atom stereocenters. The summed E-state index contributed by atoms with van der Waals surface area (Å²) in [5, 5.41) is 9.00.